The van der Waals surface area contributed by atoms with Gasteiger partial charge < -0.3 is 14.5 Å². The van der Waals surface area contributed by atoms with E-state index in [4.69, 9.17) is 26.2 Å². The van der Waals surface area contributed by atoms with Gasteiger partial charge in [0.1, 0.15) is 5.71 Å². The Labute approximate surface area is 219 Å². The van der Waals surface area contributed by atoms with Gasteiger partial charge in [-0.2, -0.15) is 13.2 Å². The third kappa shape index (κ3) is 5.85. The van der Waals surface area contributed by atoms with Crippen molar-refractivity contribution in [2.24, 2.45) is 5.16 Å². The minimum atomic E-state index is -4.53. The summed E-state index contributed by atoms with van der Waals surface area (Å²) in [6.07, 6.45) is -1.46. The molecule has 1 fully saturated rings. The highest BCUT2D eigenvalue weighted by atomic mass is 35.5. The highest BCUT2D eigenvalue weighted by molar-refractivity contribution is 7.10. The quantitative estimate of drug-likeness (QED) is 0.415. The Bertz CT molecular complexity index is 1290. The molecule has 2 aliphatic heterocycles. The predicted octanol–water partition coefficient (Wildman–Crippen LogP) is 5.26. The Balaban J connectivity index is 1.10. The Hall–Kier alpha value is -3.25. The van der Waals surface area contributed by atoms with Crippen molar-refractivity contribution in [1.29, 1.82) is 0 Å². The first kappa shape index (κ1) is 25.4. The number of carbonyl (C=O) groups is 1. The van der Waals surface area contributed by atoms with Crippen LogP contribution in [0.4, 0.5) is 13.2 Å². The molecule has 1 atom stereocenters. The Morgan fingerprint density at radius 1 is 1.19 bits per heavy atom. The fourth-order valence-electron chi connectivity index (χ4n) is 4.17. The van der Waals surface area contributed by atoms with Gasteiger partial charge in [-0.15, -0.1) is 11.3 Å². The Morgan fingerprint density at radius 2 is 1.92 bits per heavy atom. The lowest BCUT2D eigenvalue weighted by Crippen LogP contribution is -2.40. The van der Waals surface area contributed by atoms with Crippen LogP contribution in [0.5, 0.6) is 6.01 Å². The van der Waals surface area contributed by atoms with Gasteiger partial charge in [-0.1, -0.05) is 35.0 Å². The molecule has 0 saturated carbocycles. The summed E-state index contributed by atoms with van der Waals surface area (Å²) in [5, 5.41) is 7.83. The van der Waals surface area contributed by atoms with E-state index in [9.17, 15) is 18.0 Å². The molecule has 2 aromatic heterocycles. The second kappa shape index (κ2) is 10.6. The maximum atomic E-state index is 12.6. The fourth-order valence-corrected chi connectivity index (χ4v) is 5.43. The van der Waals surface area contributed by atoms with Gasteiger partial charge in [0, 0.05) is 53.8 Å². The van der Waals surface area contributed by atoms with Crippen LogP contribution in [0.25, 0.3) is 0 Å². The zero-order valence-electron chi connectivity index (χ0n) is 19.3. The van der Waals surface area contributed by atoms with Crippen LogP contribution in [0.3, 0.4) is 0 Å². The Morgan fingerprint density at radius 3 is 2.62 bits per heavy atom. The van der Waals surface area contributed by atoms with Gasteiger partial charge in [0.25, 0.3) is 5.91 Å². The molecule has 8 nitrogen and oxygen atoms in total. The van der Waals surface area contributed by atoms with Gasteiger partial charge in [0.15, 0.2) is 12.7 Å². The largest absolute Gasteiger partial charge is 0.453 e. The first-order valence-electron chi connectivity index (χ1n) is 11.5. The summed E-state index contributed by atoms with van der Waals surface area (Å²) in [5.74, 6) is -0.0610. The highest BCUT2D eigenvalue weighted by Gasteiger charge is 2.32. The molecular weight excluding hydrogens is 531 g/mol. The number of hydrogen-bond donors (Lipinski definition) is 0. The maximum Gasteiger partial charge on any atom is 0.419 e. The molecule has 13 heteroatoms. The molecule has 1 amide bonds. The van der Waals surface area contributed by atoms with Crippen LogP contribution >= 0.6 is 22.9 Å². The number of thiazole rings is 1. The van der Waals surface area contributed by atoms with Crippen molar-refractivity contribution in [3.05, 3.63) is 68.9 Å². The molecule has 0 aliphatic carbocycles. The molecule has 0 N–H and O–H groups in total. The van der Waals surface area contributed by atoms with Crippen LogP contribution in [0, 0.1) is 0 Å². The molecule has 2 aliphatic rings. The van der Waals surface area contributed by atoms with E-state index >= 15 is 0 Å². The summed E-state index contributed by atoms with van der Waals surface area (Å²) in [6, 6.07) is 7.26. The molecule has 194 valence electrons. The van der Waals surface area contributed by atoms with Crippen LogP contribution in [0.2, 0.25) is 5.02 Å². The van der Waals surface area contributed by atoms with E-state index < -0.39 is 11.7 Å². The monoisotopic (exact) mass is 551 g/mol. The van der Waals surface area contributed by atoms with Gasteiger partial charge in [0.05, 0.1) is 16.3 Å². The summed E-state index contributed by atoms with van der Waals surface area (Å²) < 4.78 is 43.0. The molecule has 1 unspecified atom stereocenters. The first-order valence-corrected chi connectivity index (χ1v) is 12.8. The number of likely N-dealkylation sites (tertiary alicyclic amines) is 1. The molecule has 0 spiro atoms. The molecule has 1 aromatic carbocycles. The topological polar surface area (TPSA) is 89.8 Å². The Kier molecular flexibility index (Phi) is 7.29. The van der Waals surface area contributed by atoms with Gasteiger partial charge >= 0.3 is 12.2 Å². The fraction of sp³-hybridized carbons (Fsp3) is 0.375. The van der Waals surface area contributed by atoms with Gasteiger partial charge in [0.2, 0.25) is 0 Å². The average molecular weight is 552 g/mol. The number of carbonyl (C=O) groups excluding carboxylic acids is 1. The van der Waals surface area contributed by atoms with E-state index in [2.05, 4.69) is 15.1 Å². The molecule has 4 heterocycles. The number of hydrogen-bond acceptors (Lipinski definition) is 8. The number of amides is 1. The summed E-state index contributed by atoms with van der Waals surface area (Å²) in [4.78, 5) is 31.6. The third-order valence-corrected chi connectivity index (χ3v) is 7.57. The minimum Gasteiger partial charge on any atom is -0.453 e. The van der Waals surface area contributed by atoms with Crippen molar-refractivity contribution in [3.8, 4) is 6.01 Å². The molecule has 37 heavy (non-hydrogen) atoms. The molecular formula is C24H21ClF3N5O3S. The number of nitrogens with zero attached hydrogens (tertiary/aromatic N) is 5. The number of ether oxygens (including phenoxy) is 1. The number of oxime groups is 1. The lowest BCUT2D eigenvalue weighted by molar-refractivity contribution is -0.138. The molecule has 5 rings (SSSR count). The van der Waals surface area contributed by atoms with E-state index in [0.29, 0.717) is 36.9 Å². The van der Waals surface area contributed by atoms with Crippen LogP contribution in [0.15, 0.2) is 47.2 Å². The van der Waals surface area contributed by atoms with Gasteiger partial charge in [-0.05, 0) is 18.9 Å². The van der Waals surface area contributed by atoms with Crippen molar-refractivity contribution >= 4 is 34.6 Å². The predicted molar refractivity (Wildman–Crippen MR) is 130 cm³/mol. The van der Waals surface area contributed by atoms with Crippen molar-refractivity contribution in [2.45, 2.75) is 37.5 Å². The van der Waals surface area contributed by atoms with Crippen molar-refractivity contribution in [2.75, 3.05) is 19.7 Å². The van der Waals surface area contributed by atoms with Crippen molar-refractivity contribution < 1.29 is 27.5 Å². The van der Waals surface area contributed by atoms with Crippen LogP contribution in [0.1, 0.15) is 53.1 Å². The second-order valence-corrected chi connectivity index (χ2v) is 9.92. The molecule has 1 saturated heterocycles. The molecule has 0 radical (unpaired) electrons. The summed E-state index contributed by atoms with van der Waals surface area (Å²) in [5.41, 5.74) is 1.48. The average Bonchev–Trinajstić information content (AvgIpc) is 3.58. The second-order valence-electron chi connectivity index (χ2n) is 8.62. The first-order chi connectivity index (χ1) is 17.8. The summed E-state index contributed by atoms with van der Waals surface area (Å²) >= 11 is 7.85. The zero-order chi connectivity index (χ0) is 26.0. The zero-order valence-corrected chi connectivity index (χ0v) is 20.9. The van der Waals surface area contributed by atoms with E-state index in [1.165, 1.54) is 0 Å². The van der Waals surface area contributed by atoms with Crippen LogP contribution in [-0.4, -0.2) is 51.2 Å². The summed E-state index contributed by atoms with van der Waals surface area (Å²) in [7, 11) is 0. The van der Waals surface area contributed by atoms with Gasteiger partial charge in [-0.25, -0.2) is 15.0 Å². The van der Waals surface area contributed by atoms with Gasteiger partial charge in [-0.3, -0.25) is 4.79 Å². The van der Waals surface area contributed by atoms with E-state index in [-0.39, 0.29) is 30.5 Å². The SMILES string of the molecule is O=C(COc1ncc(C(F)(F)F)cn1)N1CCC(c2nc(C3=NOC(c4ccccc4Cl)C3)cs2)CC1. The lowest BCUT2D eigenvalue weighted by atomic mass is 9.97. The van der Waals surface area contributed by atoms with Crippen molar-refractivity contribution in [3.63, 3.8) is 0 Å². The van der Waals surface area contributed by atoms with Crippen LogP contribution in [-0.2, 0) is 15.8 Å². The van der Waals surface area contributed by atoms with E-state index in [0.717, 1.165) is 34.8 Å². The highest BCUT2D eigenvalue weighted by Crippen LogP contribution is 2.35. The van der Waals surface area contributed by atoms with E-state index in [1.54, 1.807) is 16.2 Å². The number of halogens is 4. The molecule has 0 bridgehead atoms. The lowest BCUT2D eigenvalue weighted by Gasteiger charge is -2.31. The smallest absolute Gasteiger partial charge is 0.419 e. The number of piperidine rings is 1. The maximum absolute atomic E-state index is 12.6. The third-order valence-electron chi connectivity index (χ3n) is 6.22. The van der Waals surface area contributed by atoms with E-state index in [1.807, 2.05) is 29.6 Å². The minimum absolute atomic E-state index is 0.212. The number of rotatable bonds is 6. The standard InChI is InChI=1S/C24H21ClF3N5O3S/c25-17-4-2-1-3-16(17)20-9-18(32-36-20)19-13-37-22(31-19)14-5-7-33(8-6-14)21(34)12-35-23-29-10-15(11-30-23)24(26,27)28/h1-4,10-11,13-14,20H,5-9,12H2. The number of benzene rings is 1. The number of aromatic nitrogens is 3. The summed E-state index contributed by atoms with van der Waals surface area (Å²) in [6.45, 7) is 0.701. The van der Waals surface area contributed by atoms with Crippen LogP contribution < -0.4 is 4.74 Å². The number of alkyl halides is 3. The molecule has 3 aromatic rings. The van der Waals surface area contributed by atoms with Crippen molar-refractivity contribution in [1.82, 2.24) is 19.9 Å². The normalized spacial score (nSPS) is 18.4.